The van der Waals surface area contributed by atoms with Gasteiger partial charge in [-0.1, -0.05) is 6.58 Å². The van der Waals surface area contributed by atoms with Crippen LogP contribution >= 0.6 is 0 Å². The number of hydrogen-bond donors (Lipinski definition) is 0. The topological polar surface area (TPSA) is 51.2 Å². The van der Waals surface area contributed by atoms with Crippen molar-refractivity contribution in [2.75, 3.05) is 0 Å². The van der Waals surface area contributed by atoms with Crippen LogP contribution in [0.25, 0.3) is 0 Å². The van der Waals surface area contributed by atoms with E-state index in [0.29, 0.717) is 25.7 Å². The van der Waals surface area contributed by atoms with Crippen LogP contribution in [0.4, 0.5) is 0 Å². The Hall–Kier alpha value is -1.25. The van der Waals surface area contributed by atoms with E-state index in [1.54, 1.807) is 0 Å². The third kappa shape index (κ3) is 9.06. The molecular weight excluding hydrogens is 192 g/mol. The van der Waals surface area contributed by atoms with Crippen LogP contribution in [-0.2, 0) is 14.4 Å². The van der Waals surface area contributed by atoms with Crippen molar-refractivity contribution in [3.63, 3.8) is 0 Å². The molecule has 0 aromatic carbocycles. The van der Waals surface area contributed by atoms with E-state index in [-0.39, 0.29) is 17.3 Å². The fourth-order valence-electron chi connectivity index (χ4n) is 1.16. The minimum atomic E-state index is 0.0196. The van der Waals surface area contributed by atoms with E-state index < -0.39 is 0 Å². The summed E-state index contributed by atoms with van der Waals surface area (Å²) in [7, 11) is 0. The molecule has 0 saturated heterocycles. The lowest BCUT2D eigenvalue weighted by Gasteiger charge is -1.98. The van der Waals surface area contributed by atoms with Crippen LogP contribution < -0.4 is 0 Å². The quantitative estimate of drug-likeness (QED) is 0.433. The molecule has 0 heterocycles. The Morgan fingerprint density at radius 2 is 1.60 bits per heavy atom. The van der Waals surface area contributed by atoms with Gasteiger partial charge >= 0.3 is 0 Å². The van der Waals surface area contributed by atoms with Gasteiger partial charge in [-0.15, -0.1) is 0 Å². The van der Waals surface area contributed by atoms with Crippen LogP contribution in [0.1, 0.15) is 45.4 Å². The molecule has 3 heteroatoms. The summed E-state index contributed by atoms with van der Waals surface area (Å²) in [5.41, 5.74) is 0. The van der Waals surface area contributed by atoms with Crippen LogP contribution in [0.15, 0.2) is 12.7 Å². The summed E-state index contributed by atoms with van der Waals surface area (Å²) < 4.78 is 0. The van der Waals surface area contributed by atoms with E-state index in [2.05, 4.69) is 6.58 Å². The van der Waals surface area contributed by atoms with Crippen molar-refractivity contribution in [3.8, 4) is 0 Å². The zero-order chi connectivity index (χ0) is 11.7. The van der Waals surface area contributed by atoms with Crippen molar-refractivity contribution in [2.24, 2.45) is 0 Å². The molecule has 84 valence electrons. The molecule has 0 unspecified atom stereocenters. The number of rotatable bonds is 9. The Morgan fingerprint density at radius 3 is 2.13 bits per heavy atom. The molecule has 0 aliphatic rings. The lowest BCUT2D eigenvalue weighted by atomic mass is 10.1. The predicted molar refractivity (Wildman–Crippen MR) is 58.6 cm³/mol. The lowest BCUT2D eigenvalue weighted by molar-refractivity contribution is -0.123. The van der Waals surface area contributed by atoms with Gasteiger partial charge in [-0.3, -0.25) is 9.59 Å². The minimum absolute atomic E-state index is 0.0196. The molecule has 3 nitrogen and oxygen atoms in total. The summed E-state index contributed by atoms with van der Waals surface area (Å²) in [6, 6.07) is 0. The van der Waals surface area contributed by atoms with Gasteiger partial charge in [-0.05, 0) is 25.8 Å². The van der Waals surface area contributed by atoms with Gasteiger partial charge in [0.15, 0.2) is 5.78 Å². The fraction of sp³-hybridized carbons (Fsp3) is 0.583. The first-order valence-corrected chi connectivity index (χ1v) is 5.22. The molecule has 0 amide bonds. The average Bonchev–Trinajstić information content (AvgIpc) is 2.21. The standard InChI is InChI=1S/C12H18O3/c1-3-11(14)6-4-5-7-12(15)9-8-10(2)13/h3H,1,4-9H2,2H3. The maximum Gasteiger partial charge on any atom is 0.155 e. The number of carbonyl (C=O) groups is 3. The van der Waals surface area contributed by atoms with Gasteiger partial charge < -0.3 is 4.79 Å². The molecule has 0 radical (unpaired) electrons. The highest BCUT2D eigenvalue weighted by Crippen LogP contribution is 2.05. The summed E-state index contributed by atoms with van der Waals surface area (Å²) >= 11 is 0. The molecule has 0 saturated carbocycles. The van der Waals surface area contributed by atoms with Crippen molar-refractivity contribution >= 4 is 17.3 Å². The summed E-state index contributed by atoms with van der Waals surface area (Å²) in [5.74, 6) is 0.174. The zero-order valence-electron chi connectivity index (χ0n) is 9.25. The molecule has 0 aliphatic carbocycles. The molecule has 0 aromatic heterocycles. The van der Waals surface area contributed by atoms with Crippen molar-refractivity contribution in [2.45, 2.75) is 45.4 Å². The molecule has 0 N–H and O–H groups in total. The second-order valence-corrected chi connectivity index (χ2v) is 3.62. The van der Waals surface area contributed by atoms with Gasteiger partial charge in [-0.2, -0.15) is 0 Å². The summed E-state index contributed by atoms with van der Waals surface area (Å²) in [4.78, 5) is 32.6. The van der Waals surface area contributed by atoms with Crippen molar-refractivity contribution < 1.29 is 14.4 Å². The second-order valence-electron chi connectivity index (χ2n) is 3.62. The van der Waals surface area contributed by atoms with Crippen LogP contribution in [0.5, 0.6) is 0 Å². The highest BCUT2D eigenvalue weighted by molar-refractivity contribution is 5.89. The maximum atomic E-state index is 11.2. The first kappa shape index (κ1) is 13.8. The number of allylic oxidation sites excluding steroid dienone is 1. The number of ketones is 3. The minimum Gasteiger partial charge on any atom is -0.300 e. The SMILES string of the molecule is C=CC(=O)CCCCC(=O)CCC(C)=O. The van der Waals surface area contributed by atoms with Gasteiger partial charge in [0, 0.05) is 25.7 Å². The molecule has 15 heavy (non-hydrogen) atoms. The predicted octanol–water partition coefficient (Wildman–Crippen LogP) is 2.24. The number of carbonyl (C=O) groups excluding carboxylic acids is 3. The van der Waals surface area contributed by atoms with E-state index in [4.69, 9.17) is 0 Å². The fourth-order valence-corrected chi connectivity index (χ4v) is 1.16. The number of Topliss-reactive ketones (excluding diaryl/α,β-unsaturated/α-hetero) is 2. The molecule has 0 aromatic rings. The van der Waals surface area contributed by atoms with Crippen LogP contribution in [0.3, 0.4) is 0 Å². The normalized spacial score (nSPS) is 9.67. The van der Waals surface area contributed by atoms with Crippen LogP contribution in [-0.4, -0.2) is 17.3 Å². The van der Waals surface area contributed by atoms with E-state index in [1.807, 2.05) is 0 Å². The lowest BCUT2D eigenvalue weighted by Crippen LogP contribution is -2.01. The molecule has 0 rings (SSSR count). The van der Waals surface area contributed by atoms with Crippen LogP contribution in [0.2, 0.25) is 0 Å². The Kier molecular flexibility index (Phi) is 7.42. The van der Waals surface area contributed by atoms with Gasteiger partial charge in [0.1, 0.15) is 11.6 Å². The molecule has 0 aliphatic heterocycles. The molecule has 0 fully saturated rings. The van der Waals surface area contributed by atoms with Gasteiger partial charge in [0.05, 0.1) is 0 Å². The first-order valence-electron chi connectivity index (χ1n) is 5.22. The van der Waals surface area contributed by atoms with E-state index in [0.717, 1.165) is 12.8 Å². The third-order valence-electron chi connectivity index (χ3n) is 2.11. The number of hydrogen-bond acceptors (Lipinski definition) is 3. The highest BCUT2D eigenvalue weighted by Gasteiger charge is 2.04. The summed E-state index contributed by atoms with van der Waals surface area (Å²) in [6.45, 7) is 4.85. The van der Waals surface area contributed by atoms with Crippen molar-refractivity contribution in [1.29, 1.82) is 0 Å². The summed E-state index contributed by atoms with van der Waals surface area (Å²) in [5, 5.41) is 0. The zero-order valence-corrected chi connectivity index (χ0v) is 9.25. The Labute approximate surface area is 90.5 Å². The van der Waals surface area contributed by atoms with Gasteiger partial charge in [0.25, 0.3) is 0 Å². The van der Waals surface area contributed by atoms with Crippen LogP contribution in [0, 0.1) is 0 Å². The van der Waals surface area contributed by atoms with E-state index >= 15 is 0 Å². The van der Waals surface area contributed by atoms with Crippen molar-refractivity contribution in [3.05, 3.63) is 12.7 Å². The largest absolute Gasteiger partial charge is 0.300 e. The second kappa shape index (κ2) is 8.09. The number of unbranched alkanes of at least 4 members (excludes halogenated alkanes) is 1. The van der Waals surface area contributed by atoms with E-state index in [1.165, 1.54) is 13.0 Å². The summed E-state index contributed by atoms with van der Waals surface area (Å²) in [6.07, 6.45) is 4.35. The monoisotopic (exact) mass is 210 g/mol. The molecule has 0 atom stereocenters. The van der Waals surface area contributed by atoms with Crippen molar-refractivity contribution in [1.82, 2.24) is 0 Å². The Bertz CT molecular complexity index is 254. The Balaban J connectivity index is 3.43. The smallest absolute Gasteiger partial charge is 0.155 e. The average molecular weight is 210 g/mol. The van der Waals surface area contributed by atoms with E-state index in [9.17, 15) is 14.4 Å². The first-order chi connectivity index (χ1) is 7.06. The third-order valence-corrected chi connectivity index (χ3v) is 2.11. The maximum absolute atomic E-state index is 11.2. The van der Waals surface area contributed by atoms with Gasteiger partial charge in [-0.25, -0.2) is 0 Å². The van der Waals surface area contributed by atoms with Gasteiger partial charge in [0.2, 0.25) is 0 Å². The molecule has 0 bridgehead atoms. The highest BCUT2D eigenvalue weighted by atomic mass is 16.1. The molecular formula is C12H18O3. The Morgan fingerprint density at radius 1 is 1.00 bits per heavy atom. The molecule has 0 spiro atoms.